The number of carboxylic acid groups (broad SMARTS) is 1. The third kappa shape index (κ3) is 14.1. The highest BCUT2D eigenvalue weighted by molar-refractivity contribution is 5.94. The summed E-state index contributed by atoms with van der Waals surface area (Å²) in [5.41, 5.74) is -3.15. The molecule has 6 N–H and O–H groups in total. The van der Waals surface area contributed by atoms with Crippen molar-refractivity contribution in [3.8, 4) is 0 Å². The van der Waals surface area contributed by atoms with E-state index in [4.69, 9.17) is 37.9 Å². The van der Waals surface area contributed by atoms with Gasteiger partial charge < -0.3 is 83.1 Å². The van der Waals surface area contributed by atoms with Crippen molar-refractivity contribution in [1.29, 1.82) is 0 Å². The fourth-order valence-corrected chi connectivity index (χ4v) is 12.5. The molecule has 0 spiro atoms. The van der Waals surface area contributed by atoms with Crippen LogP contribution >= 0.6 is 0 Å². The van der Waals surface area contributed by atoms with Crippen molar-refractivity contribution in [3.63, 3.8) is 0 Å². The van der Waals surface area contributed by atoms with Crippen molar-refractivity contribution in [2.24, 2.45) is 17.8 Å². The van der Waals surface area contributed by atoms with Crippen molar-refractivity contribution >= 4 is 28.8 Å². The van der Waals surface area contributed by atoms with E-state index in [1.807, 2.05) is 50.9 Å². The molecule has 2 aromatic rings. The molecule has 442 valence electrons. The summed E-state index contributed by atoms with van der Waals surface area (Å²) in [5, 5.41) is 61.5. The molecule has 78 heavy (non-hydrogen) atoms. The molecule has 0 saturated carbocycles. The molecule has 6 rings (SSSR count). The molecular weight excluding hydrogens is 1010 g/mol. The van der Waals surface area contributed by atoms with Crippen LogP contribution in [0, 0.1) is 17.8 Å². The van der Waals surface area contributed by atoms with Gasteiger partial charge in [0.2, 0.25) is 5.43 Å². The average molecular weight is 1110 g/mol. The number of cyclic esters (lactones) is 1. The zero-order chi connectivity index (χ0) is 57.9. The third-order valence-corrected chi connectivity index (χ3v) is 17.1. The molecule has 1 aromatic heterocycles. The lowest BCUT2D eigenvalue weighted by atomic mass is 9.77. The standard InChI is InChI=1S/C57H92N4O17/c1-16-42-57(11,70)49(65)34(6)60(14)27-30(2)25-55(9,69)50(78-54-47(64)41(59(12)13)22-31(3)73-54)32(4)48(33(5)53(68)75-42)77-44-26-56(10,71-15)51(35(7)74-44)76-43(62)19-21-58-20-17-18-37-23-38-29-72-36(8)61-28-40(52(66)67)46(63)39(24-37)45(38)61/h23-24,28,30-36,41-42,44,47-51,54,58,64-65,69-70H,16-22,25-27,29H2,1-15H3,(H,66,67)/t30-,31-,32+,33-,34-,35+,36?,41+,42-,44+,47-,48+,49-,50-,51+,54+,55-,56-,57-/m1/s1. The van der Waals surface area contributed by atoms with Gasteiger partial charge in [0, 0.05) is 61.8 Å². The second kappa shape index (κ2) is 26.1. The number of carbonyl (C=O) groups is 3. The predicted octanol–water partition coefficient (Wildman–Crippen LogP) is 4.13. The van der Waals surface area contributed by atoms with Crippen LogP contribution in [0.1, 0.15) is 142 Å². The van der Waals surface area contributed by atoms with Gasteiger partial charge in [0.05, 0.1) is 54.5 Å². The number of methoxy groups -OCH3 is 1. The van der Waals surface area contributed by atoms with Crippen LogP contribution in [-0.4, -0.2) is 196 Å². The van der Waals surface area contributed by atoms with Gasteiger partial charge in [0.15, 0.2) is 18.7 Å². The van der Waals surface area contributed by atoms with Crippen LogP contribution in [0.5, 0.6) is 0 Å². The molecule has 21 heteroatoms. The molecule has 1 unspecified atom stereocenters. The number of carbonyl (C=O) groups excluding carboxylic acids is 2. The second-order valence-electron chi connectivity index (χ2n) is 23.9. The maximum atomic E-state index is 14.6. The first kappa shape index (κ1) is 63.5. The van der Waals surface area contributed by atoms with Crippen LogP contribution in [0.25, 0.3) is 10.9 Å². The van der Waals surface area contributed by atoms with E-state index in [-0.39, 0.29) is 49.3 Å². The smallest absolute Gasteiger partial charge is 0.341 e. The van der Waals surface area contributed by atoms with Gasteiger partial charge in [0.1, 0.15) is 41.3 Å². The van der Waals surface area contributed by atoms with Gasteiger partial charge in [-0.1, -0.05) is 26.8 Å². The van der Waals surface area contributed by atoms with Gasteiger partial charge in [-0.2, -0.15) is 0 Å². The van der Waals surface area contributed by atoms with Gasteiger partial charge in [-0.25, -0.2) is 4.79 Å². The van der Waals surface area contributed by atoms with Crippen molar-refractivity contribution < 1.29 is 77.8 Å². The minimum atomic E-state index is -1.87. The number of aromatic carboxylic acids is 1. The molecule has 21 nitrogen and oxygen atoms in total. The van der Waals surface area contributed by atoms with Gasteiger partial charge in [-0.3, -0.25) is 14.4 Å². The first-order valence-corrected chi connectivity index (χ1v) is 28.0. The summed E-state index contributed by atoms with van der Waals surface area (Å²) in [4.78, 5) is 57.1. The summed E-state index contributed by atoms with van der Waals surface area (Å²) in [7, 11) is 7.07. The molecule has 4 aliphatic rings. The van der Waals surface area contributed by atoms with Crippen molar-refractivity contribution in [2.75, 3.05) is 47.9 Å². The van der Waals surface area contributed by atoms with E-state index in [1.165, 1.54) is 20.2 Å². The van der Waals surface area contributed by atoms with Gasteiger partial charge in [-0.05, 0) is 133 Å². The molecule has 5 heterocycles. The lowest BCUT2D eigenvalue weighted by Crippen LogP contribution is -2.61. The Labute approximate surface area is 460 Å². The highest BCUT2D eigenvalue weighted by Gasteiger charge is 2.54. The quantitative estimate of drug-likeness (QED) is 0.102. The highest BCUT2D eigenvalue weighted by atomic mass is 16.7. The third-order valence-electron chi connectivity index (χ3n) is 17.1. The number of aliphatic hydroxyl groups is 4. The van der Waals surface area contributed by atoms with Crippen LogP contribution in [0.2, 0.25) is 0 Å². The van der Waals surface area contributed by atoms with Crippen LogP contribution in [0.15, 0.2) is 23.1 Å². The predicted molar refractivity (Wildman–Crippen MR) is 289 cm³/mol. The zero-order valence-corrected chi connectivity index (χ0v) is 48.7. The SMILES string of the molecule is CC[C@H]1OC(=O)[C@H](C)[C@@H](O[C@H]2C[C@@](C)(OC)[C@@H](OC(=O)CCNCCCc3cc4c5c(c3)c(=O)c(C(=O)O)cn5C(C)OC4)[C@H](C)O2)[C@H](C)[C@@H](O[C@@H]2O[C@H](C)C[C@H](N(C)C)[C@H]2O)[C@](C)(O)C[C@@H](C)CN(C)[C@H](C)[C@@H](O)[C@]1(C)O. The van der Waals surface area contributed by atoms with E-state index in [9.17, 15) is 44.7 Å². The number of aryl methyl sites for hydroxylation is 1. The number of likely N-dealkylation sites (N-methyl/N-ethyl adjacent to an activating group) is 2. The lowest BCUT2D eigenvalue weighted by molar-refractivity contribution is -0.318. The number of rotatable bonds is 16. The molecule has 0 amide bonds. The van der Waals surface area contributed by atoms with E-state index >= 15 is 0 Å². The summed E-state index contributed by atoms with van der Waals surface area (Å²) in [6.07, 6.45) is -6.92. The van der Waals surface area contributed by atoms with Crippen LogP contribution in [0.3, 0.4) is 0 Å². The Morgan fingerprint density at radius 2 is 1.64 bits per heavy atom. The van der Waals surface area contributed by atoms with Crippen molar-refractivity contribution in [3.05, 3.63) is 45.2 Å². The Bertz CT molecular complexity index is 2440. The first-order valence-electron chi connectivity index (χ1n) is 28.0. The number of hydrogen-bond acceptors (Lipinski definition) is 19. The number of benzene rings is 1. The minimum Gasteiger partial charge on any atom is -0.477 e. The fourth-order valence-electron chi connectivity index (χ4n) is 12.5. The topological polar surface area (TPSA) is 267 Å². The molecular formula is C57H92N4O17. The van der Waals surface area contributed by atoms with Gasteiger partial charge in [0.25, 0.3) is 0 Å². The van der Waals surface area contributed by atoms with E-state index in [0.717, 1.165) is 11.1 Å². The fraction of sp³-hybridized carbons (Fsp3) is 0.789. The van der Waals surface area contributed by atoms with E-state index in [0.29, 0.717) is 56.4 Å². The lowest BCUT2D eigenvalue weighted by Gasteiger charge is -2.49. The summed E-state index contributed by atoms with van der Waals surface area (Å²) >= 11 is 0. The average Bonchev–Trinajstić information content (AvgIpc) is 3.52. The zero-order valence-electron chi connectivity index (χ0n) is 48.7. The van der Waals surface area contributed by atoms with Crippen LogP contribution in [0.4, 0.5) is 0 Å². The maximum Gasteiger partial charge on any atom is 0.341 e. The molecule has 0 aliphatic carbocycles. The number of carboxylic acids is 1. The number of hydrogen-bond donors (Lipinski definition) is 6. The van der Waals surface area contributed by atoms with E-state index in [2.05, 4.69) is 5.32 Å². The number of esters is 2. The summed E-state index contributed by atoms with van der Waals surface area (Å²) < 4.78 is 52.5. The summed E-state index contributed by atoms with van der Waals surface area (Å²) in [6.45, 7) is 20.9. The molecule has 0 bridgehead atoms. The Morgan fingerprint density at radius 3 is 2.28 bits per heavy atom. The van der Waals surface area contributed by atoms with Crippen molar-refractivity contribution in [1.82, 2.24) is 19.7 Å². The number of nitrogens with one attached hydrogen (secondary N) is 1. The summed E-state index contributed by atoms with van der Waals surface area (Å²) in [6, 6.07) is 2.82. The minimum absolute atomic E-state index is 0.0284. The normalized spacial score (nSPS) is 38.6. The molecule has 1 aromatic carbocycles. The molecule has 0 radical (unpaired) electrons. The van der Waals surface area contributed by atoms with E-state index < -0.39 is 120 Å². The summed E-state index contributed by atoms with van der Waals surface area (Å²) in [5.74, 6) is -4.67. The Hall–Kier alpha value is -3.68. The maximum absolute atomic E-state index is 14.6. The number of aliphatic hydroxyl groups excluding tert-OH is 2. The second-order valence-corrected chi connectivity index (χ2v) is 23.9. The number of ether oxygens (including phenoxy) is 8. The van der Waals surface area contributed by atoms with Gasteiger partial charge >= 0.3 is 17.9 Å². The molecule has 4 aliphatic heterocycles. The van der Waals surface area contributed by atoms with Crippen LogP contribution in [-0.2, 0) is 60.5 Å². The molecule has 3 fully saturated rings. The number of aromatic nitrogens is 1. The molecule has 19 atom stereocenters. The largest absolute Gasteiger partial charge is 0.477 e. The Morgan fingerprint density at radius 1 is 0.949 bits per heavy atom. The Kier molecular flexibility index (Phi) is 21.2. The first-order chi connectivity index (χ1) is 36.5. The van der Waals surface area contributed by atoms with Gasteiger partial charge in [-0.15, -0.1) is 0 Å². The van der Waals surface area contributed by atoms with Crippen molar-refractivity contribution in [2.45, 2.75) is 224 Å². The van der Waals surface area contributed by atoms with E-state index in [1.54, 1.807) is 66.0 Å². The van der Waals surface area contributed by atoms with Crippen LogP contribution < -0.4 is 10.7 Å². The highest BCUT2D eigenvalue weighted by Crippen LogP contribution is 2.41. The monoisotopic (exact) mass is 1100 g/mol. The number of nitrogens with zero attached hydrogens (tertiary/aromatic N) is 3. The number of pyridine rings is 1. The Balaban J connectivity index is 1.18. The molecule has 3 saturated heterocycles.